The van der Waals surface area contributed by atoms with Crippen LogP contribution < -0.4 is 5.73 Å². The molecule has 1 aliphatic heterocycles. The van der Waals surface area contributed by atoms with Crippen molar-refractivity contribution in [2.45, 2.75) is 38.6 Å². The van der Waals surface area contributed by atoms with Gasteiger partial charge in [0.2, 0.25) is 0 Å². The van der Waals surface area contributed by atoms with Crippen LogP contribution in [0, 0.1) is 0 Å². The number of carbonyl (C=O) groups excluding carboxylic acids is 1. The summed E-state index contributed by atoms with van der Waals surface area (Å²) >= 11 is 0. The maximum atomic E-state index is 10.7. The maximum Gasteiger partial charge on any atom is 0.129 e. The summed E-state index contributed by atoms with van der Waals surface area (Å²) in [5.74, 6) is 0.300. The third-order valence-corrected chi connectivity index (χ3v) is 2.64. The van der Waals surface area contributed by atoms with E-state index in [1.165, 1.54) is 0 Å². The lowest BCUT2D eigenvalue weighted by Crippen LogP contribution is -2.40. The zero-order valence-electron chi connectivity index (χ0n) is 8.46. The number of hydrogen-bond acceptors (Lipinski definition) is 3. The minimum Gasteiger partial charge on any atom is -0.328 e. The first-order chi connectivity index (χ1) is 6.18. The van der Waals surface area contributed by atoms with Crippen LogP contribution in [0.25, 0.3) is 0 Å². The highest BCUT2D eigenvalue weighted by Crippen LogP contribution is 2.08. The number of Topliss-reactive ketones (excluding diaryl/α,β-unsaturated/α-hetero) is 1. The molecule has 1 fully saturated rings. The molecule has 1 aliphatic rings. The van der Waals surface area contributed by atoms with Gasteiger partial charge in [-0.1, -0.05) is 0 Å². The van der Waals surface area contributed by atoms with E-state index in [1.807, 2.05) is 0 Å². The molecule has 0 bridgehead atoms. The van der Waals surface area contributed by atoms with Crippen molar-refractivity contribution in [1.29, 1.82) is 0 Å². The van der Waals surface area contributed by atoms with Gasteiger partial charge in [0.15, 0.2) is 0 Å². The molecule has 1 rings (SSSR count). The maximum absolute atomic E-state index is 10.7. The van der Waals surface area contributed by atoms with Crippen molar-refractivity contribution in [2.75, 3.05) is 19.6 Å². The number of likely N-dealkylation sites (tertiary alicyclic amines) is 1. The second-order valence-electron chi connectivity index (χ2n) is 3.98. The summed E-state index contributed by atoms with van der Waals surface area (Å²) in [4.78, 5) is 13.1. The van der Waals surface area contributed by atoms with Crippen LogP contribution >= 0.6 is 0 Å². The van der Waals surface area contributed by atoms with Gasteiger partial charge in [0.25, 0.3) is 0 Å². The van der Waals surface area contributed by atoms with Crippen molar-refractivity contribution < 1.29 is 4.79 Å². The van der Waals surface area contributed by atoms with Gasteiger partial charge >= 0.3 is 0 Å². The molecule has 0 aromatic heterocycles. The molecular weight excluding hydrogens is 164 g/mol. The first kappa shape index (κ1) is 10.7. The molecule has 0 amide bonds. The van der Waals surface area contributed by atoms with E-state index in [1.54, 1.807) is 6.92 Å². The molecule has 0 radical (unpaired) electrons. The van der Waals surface area contributed by atoms with Gasteiger partial charge in [0.05, 0.1) is 0 Å². The van der Waals surface area contributed by atoms with Crippen molar-refractivity contribution in [1.82, 2.24) is 4.90 Å². The first-order valence-corrected chi connectivity index (χ1v) is 5.16. The summed E-state index contributed by atoms with van der Waals surface area (Å²) in [7, 11) is 0. The standard InChI is InChI=1S/C10H20N2O/c1-9(13)3-2-6-12-7-4-10(11)5-8-12/h10H,2-8,11H2,1H3. The van der Waals surface area contributed by atoms with Crippen LogP contribution in [0.2, 0.25) is 0 Å². The Morgan fingerprint density at radius 1 is 1.46 bits per heavy atom. The van der Waals surface area contributed by atoms with Gasteiger partial charge < -0.3 is 15.4 Å². The molecule has 2 N–H and O–H groups in total. The third kappa shape index (κ3) is 4.39. The lowest BCUT2D eigenvalue weighted by Gasteiger charge is -2.29. The lowest BCUT2D eigenvalue weighted by molar-refractivity contribution is -0.117. The van der Waals surface area contributed by atoms with Gasteiger partial charge in [-0.3, -0.25) is 0 Å². The van der Waals surface area contributed by atoms with Crippen LogP contribution in [0.4, 0.5) is 0 Å². The van der Waals surface area contributed by atoms with Gasteiger partial charge in [0.1, 0.15) is 5.78 Å². The molecule has 0 aromatic rings. The fourth-order valence-corrected chi connectivity index (χ4v) is 1.73. The van der Waals surface area contributed by atoms with E-state index in [2.05, 4.69) is 4.90 Å². The lowest BCUT2D eigenvalue weighted by atomic mass is 10.1. The Morgan fingerprint density at radius 2 is 2.08 bits per heavy atom. The van der Waals surface area contributed by atoms with Crippen LogP contribution in [0.1, 0.15) is 32.6 Å². The molecule has 3 nitrogen and oxygen atoms in total. The molecule has 0 aliphatic carbocycles. The second kappa shape index (κ2) is 5.35. The van der Waals surface area contributed by atoms with Gasteiger partial charge in [0, 0.05) is 12.5 Å². The molecule has 1 saturated heterocycles. The Balaban J connectivity index is 2.05. The minimum absolute atomic E-state index is 0.300. The smallest absolute Gasteiger partial charge is 0.129 e. The fourth-order valence-electron chi connectivity index (χ4n) is 1.73. The fraction of sp³-hybridized carbons (Fsp3) is 0.900. The monoisotopic (exact) mass is 184 g/mol. The second-order valence-corrected chi connectivity index (χ2v) is 3.98. The predicted molar refractivity (Wildman–Crippen MR) is 53.6 cm³/mol. The topological polar surface area (TPSA) is 46.3 Å². The molecule has 3 heteroatoms. The van der Waals surface area contributed by atoms with Crippen molar-refractivity contribution in [3.05, 3.63) is 0 Å². The normalized spacial score (nSPS) is 20.5. The average molecular weight is 184 g/mol. The van der Waals surface area contributed by atoms with Crippen molar-refractivity contribution in [3.8, 4) is 0 Å². The van der Waals surface area contributed by atoms with E-state index in [0.29, 0.717) is 11.8 Å². The van der Waals surface area contributed by atoms with Crippen molar-refractivity contribution in [2.24, 2.45) is 5.73 Å². The van der Waals surface area contributed by atoms with Crippen LogP contribution in [-0.4, -0.2) is 36.4 Å². The molecule has 0 atom stereocenters. The molecule has 0 unspecified atom stereocenters. The van der Waals surface area contributed by atoms with E-state index in [-0.39, 0.29) is 0 Å². The zero-order chi connectivity index (χ0) is 9.68. The Bertz CT molecular complexity index is 162. The third-order valence-electron chi connectivity index (χ3n) is 2.64. The van der Waals surface area contributed by atoms with E-state index in [4.69, 9.17) is 5.73 Å². The van der Waals surface area contributed by atoms with E-state index in [9.17, 15) is 4.79 Å². The summed E-state index contributed by atoms with van der Waals surface area (Å²) in [6, 6.07) is 0.407. The highest BCUT2D eigenvalue weighted by molar-refractivity contribution is 5.75. The molecular formula is C10H20N2O. The van der Waals surface area contributed by atoms with Crippen molar-refractivity contribution in [3.63, 3.8) is 0 Å². The predicted octanol–water partition coefficient (Wildman–Crippen LogP) is 0.779. The number of nitrogens with zero attached hydrogens (tertiary/aromatic N) is 1. The van der Waals surface area contributed by atoms with Crippen LogP contribution in [0.3, 0.4) is 0 Å². The Kier molecular flexibility index (Phi) is 4.39. The summed E-state index contributed by atoms with van der Waals surface area (Å²) in [5, 5.41) is 0. The van der Waals surface area contributed by atoms with Gasteiger partial charge in [-0.2, -0.15) is 0 Å². The zero-order valence-corrected chi connectivity index (χ0v) is 8.46. The highest BCUT2D eigenvalue weighted by atomic mass is 16.1. The average Bonchev–Trinajstić information content (AvgIpc) is 2.08. The summed E-state index contributed by atoms with van der Waals surface area (Å²) in [5.41, 5.74) is 5.79. The molecule has 0 spiro atoms. The quantitative estimate of drug-likeness (QED) is 0.702. The number of piperidine rings is 1. The highest BCUT2D eigenvalue weighted by Gasteiger charge is 2.14. The van der Waals surface area contributed by atoms with Gasteiger partial charge in [-0.15, -0.1) is 0 Å². The molecule has 0 aromatic carbocycles. The summed E-state index contributed by atoms with van der Waals surface area (Å²) in [6.45, 7) is 4.94. The largest absolute Gasteiger partial charge is 0.328 e. The van der Waals surface area contributed by atoms with Crippen LogP contribution in [0.15, 0.2) is 0 Å². The molecule has 0 saturated carbocycles. The van der Waals surface area contributed by atoms with E-state index >= 15 is 0 Å². The van der Waals surface area contributed by atoms with Crippen LogP contribution in [0.5, 0.6) is 0 Å². The van der Waals surface area contributed by atoms with Crippen LogP contribution in [-0.2, 0) is 4.79 Å². The number of hydrogen-bond donors (Lipinski definition) is 1. The molecule has 13 heavy (non-hydrogen) atoms. The molecule has 76 valence electrons. The number of ketones is 1. The number of nitrogens with two attached hydrogens (primary N) is 1. The van der Waals surface area contributed by atoms with E-state index < -0.39 is 0 Å². The first-order valence-electron chi connectivity index (χ1n) is 5.16. The Labute approximate surface area is 80.3 Å². The van der Waals surface area contributed by atoms with Crippen molar-refractivity contribution >= 4 is 5.78 Å². The molecule has 1 heterocycles. The summed E-state index contributed by atoms with van der Waals surface area (Å²) in [6.07, 6.45) is 3.95. The summed E-state index contributed by atoms with van der Waals surface area (Å²) < 4.78 is 0. The van der Waals surface area contributed by atoms with Gasteiger partial charge in [-0.05, 0) is 45.8 Å². The van der Waals surface area contributed by atoms with Gasteiger partial charge in [-0.25, -0.2) is 0 Å². The number of carbonyl (C=O) groups is 1. The minimum atomic E-state index is 0.300. The SMILES string of the molecule is CC(=O)CCCN1CCC(N)CC1. The van der Waals surface area contributed by atoms with E-state index in [0.717, 1.165) is 45.3 Å². The Hall–Kier alpha value is -0.410. The Morgan fingerprint density at radius 3 is 2.62 bits per heavy atom. The number of rotatable bonds is 4.